The molecule has 0 radical (unpaired) electrons. The van der Waals surface area contributed by atoms with Crippen LogP contribution in [0.2, 0.25) is 0 Å². The molecule has 0 aliphatic carbocycles. The van der Waals surface area contributed by atoms with Gasteiger partial charge < -0.3 is 9.88 Å². The van der Waals surface area contributed by atoms with Crippen LogP contribution in [-0.4, -0.2) is 19.5 Å². The van der Waals surface area contributed by atoms with Crippen molar-refractivity contribution < 1.29 is 0 Å². The lowest BCUT2D eigenvalue weighted by Crippen LogP contribution is -2.16. The fourth-order valence-electron chi connectivity index (χ4n) is 3.11. The van der Waals surface area contributed by atoms with E-state index >= 15 is 0 Å². The number of hydrogen-bond donors (Lipinski definition) is 1. The molecule has 0 atom stereocenters. The van der Waals surface area contributed by atoms with Crippen LogP contribution < -0.4 is 5.32 Å². The Morgan fingerprint density at radius 1 is 0.857 bits per heavy atom. The number of aromatic nitrogens is 4. The van der Waals surface area contributed by atoms with Crippen molar-refractivity contribution in [2.24, 2.45) is 0 Å². The van der Waals surface area contributed by atoms with Gasteiger partial charge in [-0.05, 0) is 29.8 Å². The first-order valence-corrected chi connectivity index (χ1v) is 9.13. The molecule has 5 heteroatoms. The maximum atomic E-state index is 4.70. The molecule has 0 saturated carbocycles. The lowest BCUT2D eigenvalue weighted by molar-refractivity contribution is 0.691. The number of nitrogens with one attached hydrogen (secondary N) is 1. The van der Waals surface area contributed by atoms with Crippen LogP contribution in [0.3, 0.4) is 0 Å². The van der Waals surface area contributed by atoms with E-state index in [1.165, 1.54) is 5.56 Å². The smallest absolute Gasteiger partial charge is 0.0963 e. The summed E-state index contributed by atoms with van der Waals surface area (Å²) in [5, 5.41) is 3.39. The van der Waals surface area contributed by atoms with Crippen molar-refractivity contribution in [3.05, 3.63) is 104 Å². The highest BCUT2D eigenvalue weighted by molar-refractivity contribution is 5.78. The summed E-state index contributed by atoms with van der Waals surface area (Å²) in [6.45, 7) is 5.54. The lowest BCUT2D eigenvalue weighted by Gasteiger charge is -2.14. The first kappa shape index (κ1) is 17.7. The predicted octanol–water partition coefficient (Wildman–Crippen LogP) is 4.31. The van der Waals surface area contributed by atoms with Gasteiger partial charge in [-0.1, -0.05) is 36.9 Å². The van der Waals surface area contributed by atoms with Crippen molar-refractivity contribution >= 4 is 0 Å². The van der Waals surface area contributed by atoms with E-state index in [4.69, 9.17) is 4.98 Å². The van der Waals surface area contributed by atoms with Crippen LogP contribution in [0.4, 0.5) is 0 Å². The molecule has 5 nitrogen and oxygen atoms in total. The Labute approximate surface area is 164 Å². The van der Waals surface area contributed by atoms with Gasteiger partial charge in [0.15, 0.2) is 0 Å². The van der Waals surface area contributed by atoms with Gasteiger partial charge in [0.2, 0.25) is 0 Å². The molecule has 3 heterocycles. The zero-order chi connectivity index (χ0) is 19.2. The van der Waals surface area contributed by atoms with Gasteiger partial charge >= 0.3 is 0 Å². The average Bonchev–Trinajstić information content (AvgIpc) is 3.17. The SMILES string of the molecule is C=C(Cn1cnc(-c2ccccc2)c1-c1ccncc1)NCc1ccncc1. The zero-order valence-corrected chi connectivity index (χ0v) is 15.5. The minimum absolute atomic E-state index is 0.628. The molecule has 28 heavy (non-hydrogen) atoms. The summed E-state index contributed by atoms with van der Waals surface area (Å²) < 4.78 is 2.12. The zero-order valence-electron chi connectivity index (χ0n) is 15.5. The van der Waals surface area contributed by atoms with E-state index in [2.05, 4.69) is 38.6 Å². The Kier molecular flexibility index (Phi) is 5.24. The third-order valence-corrected chi connectivity index (χ3v) is 4.49. The number of allylic oxidation sites excluding steroid dienone is 1. The topological polar surface area (TPSA) is 55.6 Å². The highest BCUT2D eigenvalue weighted by Crippen LogP contribution is 2.31. The molecule has 0 unspecified atom stereocenters. The van der Waals surface area contributed by atoms with Gasteiger partial charge in [-0.3, -0.25) is 9.97 Å². The number of pyridine rings is 2. The van der Waals surface area contributed by atoms with Crippen LogP contribution in [0.15, 0.2) is 98.0 Å². The van der Waals surface area contributed by atoms with E-state index in [0.717, 1.165) is 28.2 Å². The normalized spacial score (nSPS) is 10.6. The largest absolute Gasteiger partial charge is 0.383 e. The van der Waals surface area contributed by atoms with Crippen molar-refractivity contribution in [3.8, 4) is 22.5 Å². The molecular weight excluding hydrogens is 346 g/mol. The maximum Gasteiger partial charge on any atom is 0.0963 e. The summed E-state index contributed by atoms with van der Waals surface area (Å²) in [6, 6.07) is 18.2. The van der Waals surface area contributed by atoms with Crippen molar-refractivity contribution in [3.63, 3.8) is 0 Å². The van der Waals surface area contributed by atoms with Crippen LogP contribution in [0.1, 0.15) is 5.56 Å². The van der Waals surface area contributed by atoms with E-state index in [0.29, 0.717) is 13.1 Å². The van der Waals surface area contributed by atoms with E-state index in [9.17, 15) is 0 Å². The monoisotopic (exact) mass is 367 g/mol. The molecule has 1 aromatic carbocycles. The summed E-state index contributed by atoms with van der Waals surface area (Å²) in [6.07, 6.45) is 9.07. The minimum Gasteiger partial charge on any atom is -0.383 e. The number of hydrogen-bond acceptors (Lipinski definition) is 4. The predicted molar refractivity (Wildman–Crippen MR) is 111 cm³/mol. The summed E-state index contributed by atoms with van der Waals surface area (Å²) in [4.78, 5) is 12.9. The summed E-state index contributed by atoms with van der Waals surface area (Å²) >= 11 is 0. The molecular formula is C23H21N5. The van der Waals surface area contributed by atoms with Crippen LogP contribution in [0, 0.1) is 0 Å². The standard InChI is InChI=1S/C23H21N5/c1-18(26-15-19-7-11-24-12-8-19)16-28-17-27-22(20-5-3-2-4-6-20)23(28)21-9-13-25-14-10-21/h2-14,17,26H,1,15-16H2. The van der Waals surface area contributed by atoms with Crippen molar-refractivity contribution in [2.45, 2.75) is 13.1 Å². The van der Waals surface area contributed by atoms with Gasteiger partial charge in [0.1, 0.15) is 0 Å². The first-order chi connectivity index (χ1) is 13.8. The van der Waals surface area contributed by atoms with Gasteiger partial charge in [-0.15, -0.1) is 0 Å². The number of nitrogens with zero attached hydrogens (tertiary/aromatic N) is 4. The molecule has 0 spiro atoms. The second-order valence-electron chi connectivity index (χ2n) is 6.48. The number of benzene rings is 1. The Balaban J connectivity index is 1.60. The number of rotatable bonds is 7. The first-order valence-electron chi connectivity index (χ1n) is 9.13. The van der Waals surface area contributed by atoms with Gasteiger partial charge in [-0.2, -0.15) is 0 Å². The fraction of sp³-hybridized carbons (Fsp3) is 0.0870. The number of imidazole rings is 1. The Bertz CT molecular complexity index is 1040. The summed E-state index contributed by atoms with van der Waals surface area (Å²) in [5.41, 5.74) is 6.26. The molecule has 1 N–H and O–H groups in total. The highest BCUT2D eigenvalue weighted by atomic mass is 15.1. The molecule has 0 bridgehead atoms. The highest BCUT2D eigenvalue weighted by Gasteiger charge is 2.15. The van der Waals surface area contributed by atoms with E-state index < -0.39 is 0 Å². The van der Waals surface area contributed by atoms with E-state index in [1.54, 1.807) is 24.8 Å². The Morgan fingerprint density at radius 2 is 1.54 bits per heavy atom. The van der Waals surface area contributed by atoms with Crippen molar-refractivity contribution in [1.82, 2.24) is 24.8 Å². The second-order valence-corrected chi connectivity index (χ2v) is 6.48. The molecule has 4 rings (SSSR count). The lowest BCUT2D eigenvalue weighted by atomic mass is 10.1. The average molecular weight is 367 g/mol. The van der Waals surface area contributed by atoms with Gasteiger partial charge in [0.05, 0.1) is 24.3 Å². The molecule has 138 valence electrons. The van der Waals surface area contributed by atoms with Crippen molar-refractivity contribution in [1.29, 1.82) is 0 Å². The van der Waals surface area contributed by atoms with Gasteiger partial charge in [-0.25, -0.2) is 4.98 Å². The molecule has 0 fully saturated rings. The molecule has 0 aliphatic rings. The molecule has 4 aromatic rings. The molecule has 0 saturated heterocycles. The van der Waals surface area contributed by atoms with E-state index in [1.807, 2.05) is 48.8 Å². The minimum atomic E-state index is 0.628. The van der Waals surface area contributed by atoms with Crippen molar-refractivity contribution in [2.75, 3.05) is 0 Å². The van der Waals surface area contributed by atoms with Crippen LogP contribution >= 0.6 is 0 Å². The van der Waals surface area contributed by atoms with E-state index in [-0.39, 0.29) is 0 Å². The van der Waals surface area contributed by atoms with Crippen LogP contribution in [-0.2, 0) is 13.1 Å². The third-order valence-electron chi connectivity index (χ3n) is 4.49. The fourth-order valence-corrected chi connectivity index (χ4v) is 3.11. The maximum absolute atomic E-state index is 4.70. The van der Waals surface area contributed by atoms with Gasteiger partial charge in [0.25, 0.3) is 0 Å². The van der Waals surface area contributed by atoms with Gasteiger partial charge in [0, 0.05) is 48.2 Å². The second kappa shape index (κ2) is 8.31. The summed E-state index contributed by atoms with van der Waals surface area (Å²) in [5.74, 6) is 0. The molecule has 0 amide bonds. The van der Waals surface area contributed by atoms with Crippen LogP contribution in [0.5, 0.6) is 0 Å². The molecule has 3 aromatic heterocycles. The molecule has 0 aliphatic heterocycles. The quantitative estimate of drug-likeness (QED) is 0.529. The third kappa shape index (κ3) is 3.99. The Hall–Kier alpha value is -3.73. The van der Waals surface area contributed by atoms with Crippen LogP contribution in [0.25, 0.3) is 22.5 Å². The summed E-state index contributed by atoms with van der Waals surface area (Å²) in [7, 11) is 0. The Morgan fingerprint density at radius 3 is 2.25 bits per heavy atom.